The fourth-order valence-electron chi connectivity index (χ4n) is 10.0. The highest BCUT2D eigenvalue weighted by Gasteiger charge is 2.28. The van der Waals surface area contributed by atoms with Gasteiger partial charge in [-0.05, 0) is 70.6 Å². The van der Waals surface area contributed by atoms with Crippen molar-refractivity contribution in [3.63, 3.8) is 0 Å². The number of carbonyl (C=O) groups is 1. The van der Waals surface area contributed by atoms with Crippen LogP contribution in [-0.4, -0.2) is 73.4 Å². The molecule has 0 heterocycles. The molecule has 0 aromatic heterocycles. The predicted molar refractivity (Wildman–Crippen MR) is 355 cm³/mol. The van der Waals surface area contributed by atoms with Gasteiger partial charge in [-0.3, -0.25) is 13.8 Å². The lowest BCUT2D eigenvalue weighted by molar-refractivity contribution is -0.870. The maximum atomic E-state index is 13.1. The first kappa shape index (κ1) is 78.7. The molecular weight excluding hydrogens is 1020 g/mol. The fraction of sp³-hybridized carbons (Fsp3) is 0.792. The zero-order valence-electron chi connectivity index (χ0n) is 54.0. The van der Waals surface area contributed by atoms with Crippen molar-refractivity contribution in [1.82, 2.24) is 5.32 Å². The van der Waals surface area contributed by atoms with Crippen LogP contribution < -0.4 is 5.32 Å². The lowest BCUT2D eigenvalue weighted by Gasteiger charge is -2.25. The first-order valence-corrected chi connectivity index (χ1v) is 36.0. The molecule has 472 valence electrons. The molecule has 0 aliphatic heterocycles. The minimum atomic E-state index is -4.36. The second-order valence-electron chi connectivity index (χ2n) is 24.5. The summed E-state index contributed by atoms with van der Waals surface area (Å²) in [6.45, 7) is 4.73. The van der Waals surface area contributed by atoms with Crippen LogP contribution in [0, 0.1) is 0 Å². The van der Waals surface area contributed by atoms with E-state index in [1.807, 2.05) is 27.2 Å². The van der Waals surface area contributed by atoms with E-state index >= 15 is 0 Å². The van der Waals surface area contributed by atoms with Crippen molar-refractivity contribution >= 4 is 13.7 Å². The van der Waals surface area contributed by atoms with Gasteiger partial charge in [0.1, 0.15) is 13.2 Å². The molecule has 0 aromatic rings. The molecule has 0 fully saturated rings. The third-order valence-corrected chi connectivity index (χ3v) is 16.4. The molecule has 0 rings (SSSR count). The van der Waals surface area contributed by atoms with Crippen molar-refractivity contribution in [2.24, 2.45) is 0 Å². The lowest BCUT2D eigenvalue weighted by Crippen LogP contribution is -2.45. The van der Waals surface area contributed by atoms with Gasteiger partial charge >= 0.3 is 7.82 Å². The molecule has 0 saturated heterocycles. The van der Waals surface area contributed by atoms with E-state index in [0.29, 0.717) is 17.4 Å². The lowest BCUT2D eigenvalue weighted by atomic mass is 10.0. The van der Waals surface area contributed by atoms with Gasteiger partial charge in [0.15, 0.2) is 0 Å². The van der Waals surface area contributed by atoms with Crippen LogP contribution in [0.15, 0.2) is 85.1 Å². The molecule has 9 heteroatoms. The number of rotatable bonds is 63. The number of hydrogen-bond acceptors (Lipinski definition) is 5. The van der Waals surface area contributed by atoms with E-state index in [4.69, 9.17) is 9.05 Å². The van der Waals surface area contributed by atoms with E-state index in [-0.39, 0.29) is 19.1 Å². The number of likely N-dealkylation sites (N-methyl/N-ethyl adjacent to an activating group) is 1. The van der Waals surface area contributed by atoms with Gasteiger partial charge in [-0.15, -0.1) is 0 Å². The van der Waals surface area contributed by atoms with Gasteiger partial charge in [0.05, 0.1) is 39.9 Å². The summed E-state index contributed by atoms with van der Waals surface area (Å²) in [6, 6.07) is -0.854. The number of hydrogen-bond donors (Lipinski definition) is 3. The topological polar surface area (TPSA) is 105 Å². The zero-order valence-corrected chi connectivity index (χ0v) is 54.9. The second-order valence-corrected chi connectivity index (χ2v) is 26.0. The number of quaternary nitrogens is 1. The van der Waals surface area contributed by atoms with Crippen LogP contribution in [0.1, 0.15) is 316 Å². The number of nitrogens with one attached hydrogen (secondary N) is 1. The molecule has 0 aromatic carbocycles. The first-order valence-electron chi connectivity index (χ1n) is 34.5. The van der Waals surface area contributed by atoms with Crippen LogP contribution in [0.5, 0.6) is 0 Å². The van der Waals surface area contributed by atoms with E-state index in [0.717, 1.165) is 77.0 Å². The van der Waals surface area contributed by atoms with Crippen LogP contribution in [-0.2, 0) is 18.4 Å². The third-order valence-electron chi connectivity index (χ3n) is 15.4. The Morgan fingerprint density at radius 3 is 1.09 bits per heavy atom. The molecular formula is C72H134N2O6P+. The molecule has 3 N–H and O–H groups in total. The highest BCUT2D eigenvalue weighted by atomic mass is 31.2. The summed E-state index contributed by atoms with van der Waals surface area (Å²) in [5, 5.41) is 14.0. The van der Waals surface area contributed by atoms with Crippen molar-refractivity contribution in [3.05, 3.63) is 85.1 Å². The quantitative estimate of drug-likeness (QED) is 0.0243. The van der Waals surface area contributed by atoms with Gasteiger partial charge in [0, 0.05) is 6.42 Å². The standard InChI is InChI=1S/C72H133N2O6P/c1-6-8-10-12-14-16-18-20-22-24-26-28-30-32-34-36-37-38-40-42-44-46-48-50-52-54-56-58-60-62-64-66-72(76)73-70(69-80-81(77,78)79-68-67-74(3,4)5)71(75)65-63-61-59-57-55-53-51-49-47-45-43-41-39-35-33-31-29-27-25-23-21-19-17-15-13-11-9-7-2/h8,10,14,16,20,22,26,28,32,34,37-38,63,65,70-71,75H,6-7,9,11-13,15,17-19,21,23-25,27,29-31,33,35-36,39-62,64,66-69H2,1-5H3,(H-,73,76,77,78)/p+1/b10-8-,16-14-,22-20-,28-26-,34-32-,38-37-,65-63+. The molecule has 3 unspecified atom stereocenters. The Hall–Kier alpha value is -2.32. The summed E-state index contributed by atoms with van der Waals surface area (Å²) in [5.41, 5.74) is 0. The Morgan fingerprint density at radius 1 is 0.432 bits per heavy atom. The number of phosphoric ester groups is 1. The monoisotopic (exact) mass is 1150 g/mol. The van der Waals surface area contributed by atoms with Crippen LogP contribution in [0.25, 0.3) is 0 Å². The van der Waals surface area contributed by atoms with Gasteiger partial charge in [-0.25, -0.2) is 4.57 Å². The molecule has 1 amide bonds. The highest BCUT2D eigenvalue weighted by molar-refractivity contribution is 7.47. The normalized spacial score (nSPS) is 14.2. The molecule has 0 saturated carbocycles. The Bertz CT molecular complexity index is 1600. The first-order chi connectivity index (χ1) is 39.5. The summed E-state index contributed by atoms with van der Waals surface area (Å²) in [4.78, 5) is 23.4. The number of phosphoric acid groups is 1. The maximum Gasteiger partial charge on any atom is 0.472 e. The smallest absolute Gasteiger partial charge is 0.387 e. The van der Waals surface area contributed by atoms with Crippen LogP contribution in [0.2, 0.25) is 0 Å². The van der Waals surface area contributed by atoms with Gasteiger partial charge in [0.25, 0.3) is 0 Å². The van der Waals surface area contributed by atoms with E-state index in [9.17, 15) is 19.4 Å². The summed E-state index contributed by atoms with van der Waals surface area (Å²) in [5.74, 6) is -0.178. The third kappa shape index (κ3) is 65.1. The highest BCUT2D eigenvalue weighted by Crippen LogP contribution is 2.43. The molecule has 0 aliphatic carbocycles. The minimum absolute atomic E-state index is 0.0588. The number of carbonyl (C=O) groups excluding carboxylic acids is 1. The van der Waals surface area contributed by atoms with Gasteiger partial charge < -0.3 is 19.8 Å². The van der Waals surface area contributed by atoms with Crippen molar-refractivity contribution < 1.29 is 32.9 Å². The zero-order chi connectivity index (χ0) is 59.1. The molecule has 3 atom stereocenters. The average molecular weight is 1150 g/mol. The summed E-state index contributed by atoms with van der Waals surface area (Å²) >= 11 is 0. The molecule has 0 radical (unpaired) electrons. The van der Waals surface area contributed by atoms with Crippen molar-refractivity contribution in [2.75, 3.05) is 40.9 Å². The van der Waals surface area contributed by atoms with E-state index in [1.165, 1.54) is 218 Å². The molecule has 0 spiro atoms. The SMILES string of the molecule is CC/C=C\C/C=C\C/C=C\C/C=C\C/C=C\C/C=C\CCCCCCCCCCCCCCC(=O)NC(COP(=O)(O)OCC[N+](C)(C)C)C(O)/C=C/CCCCCCCCCCCCCCCCCCCCCCCCCCCC. The molecule has 8 nitrogen and oxygen atoms in total. The largest absolute Gasteiger partial charge is 0.472 e. The number of allylic oxidation sites excluding steroid dienone is 13. The van der Waals surface area contributed by atoms with Gasteiger partial charge in [-0.1, -0.05) is 324 Å². The molecule has 81 heavy (non-hydrogen) atoms. The average Bonchev–Trinajstić information content (AvgIpc) is 3.43. The Labute approximate surface area is 503 Å². The number of nitrogens with zero attached hydrogens (tertiary/aromatic N) is 1. The molecule has 0 aliphatic rings. The summed E-state index contributed by atoms with van der Waals surface area (Å²) < 4.78 is 23.8. The van der Waals surface area contributed by atoms with Crippen molar-refractivity contribution in [2.45, 2.75) is 328 Å². The Morgan fingerprint density at radius 2 is 0.741 bits per heavy atom. The van der Waals surface area contributed by atoms with E-state index in [1.54, 1.807) is 6.08 Å². The predicted octanol–water partition coefficient (Wildman–Crippen LogP) is 21.9. The number of amides is 1. The number of aliphatic hydroxyl groups is 1. The minimum Gasteiger partial charge on any atom is -0.387 e. The van der Waals surface area contributed by atoms with E-state index < -0.39 is 20.0 Å². The summed E-state index contributed by atoms with van der Waals surface area (Å²) in [7, 11) is 1.57. The number of unbranched alkanes of at least 4 members (excludes halogenated alkanes) is 38. The Kier molecular flexibility index (Phi) is 60.4. The van der Waals surface area contributed by atoms with Crippen molar-refractivity contribution in [3.8, 4) is 0 Å². The number of aliphatic hydroxyl groups excluding tert-OH is 1. The van der Waals surface area contributed by atoms with Crippen molar-refractivity contribution in [1.29, 1.82) is 0 Å². The molecule has 0 bridgehead atoms. The van der Waals surface area contributed by atoms with Crippen LogP contribution in [0.4, 0.5) is 0 Å². The van der Waals surface area contributed by atoms with E-state index in [2.05, 4.69) is 92.1 Å². The fourth-order valence-corrected chi connectivity index (χ4v) is 10.8. The van der Waals surface area contributed by atoms with Crippen LogP contribution in [0.3, 0.4) is 0 Å². The maximum absolute atomic E-state index is 13.1. The van der Waals surface area contributed by atoms with Gasteiger partial charge in [0.2, 0.25) is 5.91 Å². The Balaban J connectivity index is 4.11. The second kappa shape index (κ2) is 62.2. The summed E-state index contributed by atoms with van der Waals surface area (Å²) in [6.07, 6.45) is 88.6. The van der Waals surface area contributed by atoms with Crippen LogP contribution >= 0.6 is 7.82 Å². The van der Waals surface area contributed by atoms with Gasteiger partial charge in [-0.2, -0.15) is 0 Å².